The van der Waals surface area contributed by atoms with E-state index >= 15 is 0 Å². The number of likely N-dealkylation sites (tertiary alicyclic amines) is 1. The molecule has 8 nitrogen and oxygen atoms in total. The van der Waals surface area contributed by atoms with E-state index in [9.17, 15) is 25.2 Å². The summed E-state index contributed by atoms with van der Waals surface area (Å²) in [6.07, 6.45) is 1.49. The highest BCUT2D eigenvalue weighted by Gasteiger charge is 2.38. The van der Waals surface area contributed by atoms with Crippen LogP contribution >= 0.6 is 0 Å². The molecule has 8 heteroatoms. The smallest absolute Gasteiger partial charge is 0.335 e. The van der Waals surface area contributed by atoms with Crippen LogP contribution in [0.15, 0.2) is 40.5 Å². The summed E-state index contributed by atoms with van der Waals surface area (Å²) in [7, 11) is 0. The summed E-state index contributed by atoms with van der Waals surface area (Å²) in [5.74, 6) is -2.52. The van der Waals surface area contributed by atoms with Crippen molar-refractivity contribution in [3.05, 3.63) is 46.7 Å². The van der Waals surface area contributed by atoms with Gasteiger partial charge >= 0.3 is 12.0 Å². The number of carboxylic acids is 1. The topological polar surface area (TPSA) is 144 Å². The Bertz CT molecular complexity index is 998. The van der Waals surface area contributed by atoms with Crippen molar-refractivity contribution in [2.45, 2.75) is 25.7 Å². The minimum atomic E-state index is -1.08. The van der Waals surface area contributed by atoms with Gasteiger partial charge in [-0.15, -0.1) is 0 Å². The van der Waals surface area contributed by atoms with Gasteiger partial charge in [0.25, 0.3) is 0 Å². The van der Waals surface area contributed by atoms with Crippen LogP contribution in [0.4, 0.5) is 4.79 Å². The normalized spacial score (nSPS) is 24.3. The molecule has 148 valence electrons. The molecule has 0 aromatic heterocycles. The molecule has 2 aliphatic heterocycles. The molecule has 1 saturated heterocycles. The molecule has 1 aromatic rings. The molecular weight excluding hydrogens is 370 g/mol. The van der Waals surface area contributed by atoms with Gasteiger partial charge in [-0.1, -0.05) is 12.1 Å². The third-order valence-corrected chi connectivity index (χ3v) is 5.54. The summed E-state index contributed by atoms with van der Waals surface area (Å²) in [4.78, 5) is 29.1. The molecule has 3 N–H and O–H groups in total. The Morgan fingerprint density at radius 3 is 2.72 bits per heavy atom. The highest BCUT2D eigenvalue weighted by Crippen LogP contribution is 2.42. The van der Waals surface area contributed by atoms with Gasteiger partial charge in [0.2, 0.25) is 0 Å². The lowest BCUT2D eigenvalue weighted by molar-refractivity contribution is 0.0696. The molecule has 3 unspecified atom stereocenters. The summed E-state index contributed by atoms with van der Waals surface area (Å²) in [6, 6.07) is 10.2. The number of amides is 2. The van der Waals surface area contributed by atoms with Gasteiger partial charge in [0.05, 0.1) is 34.9 Å². The number of hydrogen-bond donors (Lipinski definition) is 2. The Labute approximate surface area is 168 Å². The number of carbonyl (C=O) groups is 2. The molecule has 0 spiro atoms. The van der Waals surface area contributed by atoms with Crippen molar-refractivity contribution < 1.29 is 14.7 Å². The molecule has 2 heterocycles. The molecule has 2 aliphatic rings. The van der Waals surface area contributed by atoms with Gasteiger partial charge in [-0.05, 0) is 37.5 Å². The number of rotatable bonds is 3. The van der Waals surface area contributed by atoms with Crippen molar-refractivity contribution in [3.63, 3.8) is 0 Å². The number of carboxylic acid groups (broad SMARTS) is 1. The van der Waals surface area contributed by atoms with Crippen molar-refractivity contribution >= 4 is 17.7 Å². The standard InChI is InChI=1S/C21H21N5O3/c1-12-16(9-22)18(13-4-2-5-14(8-13)20(27)28)17(10-23)19(25-12)15-6-3-7-26(11-15)21(24)29/h2,4-5,8,15-16,18H,3,6-7,11H2,1H3,(H2,24,29)(H,27,28). The van der Waals surface area contributed by atoms with Crippen molar-refractivity contribution in [2.75, 3.05) is 13.1 Å². The van der Waals surface area contributed by atoms with Crippen LogP contribution < -0.4 is 5.73 Å². The lowest BCUT2D eigenvalue weighted by atomic mass is 9.74. The molecule has 3 atom stereocenters. The van der Waals surface area contributed by atoms with Gasteiger partial charge in [-0.25, -0.2) is 9.59 Å². The van der Waals surface area contributed by atoms with Crippen LogP contribution in [0, 0.1) is 34.5 Å². The van der Waals surface area contributed by atoms with E-state index in [1.165, 1.54) is 17.0 Å². The van der Waals surface area contributed by atoms with Crippen molar-refractivity contribution in [2.24, 2.45) is 22.6 Å². The Kier molecular flexibility index (Phi) is 5.65. The maximum Gasteiger partial charge on any atom is 0.335 e. The number of carbonyl (C=O) groups excluding carboxylic acids is 1. The van der Waals surface area contributed by atoms with E-state index in [4.69, 9.17) is 5.73 Å². The third-order valence-electron chi connectivity index (χ3n) is 5.54. The van der Waals surface area contributed by atoms with Gasteiger partial charge < -0.3 is 15.7 Å². The van der Waals surface area contributed by atoms with Gasteiger partial charge in [0, 0.05) is 30.6 Å². The summed E-state index contributed by atoms with van der Waals surface area (Å²) >= 11 is 0. The Hall–Kier alpha value is -3.65. The number of nitrogens with two attached hydrogens (primary N) is 1. The number of hydrogen-bond acceptors (Lipinski definition) is 5. The van der Waals surface area contributed by atoms with E-state index in [0.717, 1.165) is 12.8 Å². The zero-order chi connectivity index (χ0) is 21.1. The summed E-state index contributed by atoms with van der Waals surface area (Å²) in [6.45, 7) is 2.67. The maximum atomic E-state index is 11.6. The number of primary amides is 1. The number of nitriles is 2. The zero-order valence-electron chi connectivity index (χ0n) is 16.0. The lowest BCUT2D eigenvalue weighted by Gasteiger charge is -2.35. The fourth-order valence-electron chi connectivity index (χ4n) is 4.12. The average Bonchev–Trinajstić information content (AvgIpc) is 2.73. The van der Waals surface area contributed by atoms with Crippen LogP contribution in [0.3, 0.4) is 0 Å². The molecule has 2 amide bonds. The number of benzene rings is 1. The first-order chi connectivity index (χ1) is 13.9. The molecule has 1 fully saturated rings. The first-order valence-corrected chi connectivity index (χ1v) is 9.34. The number of allylic oxidation sites excluding steroid dienone is 1. The van der Waals surface area contributed by atoms with Crippen LogP contribution in [0.1, 0.15) is 41.6 Å². The monoisotopic (exact) mass is 391 g/mol. The second-order valence-corrected chi connectivity index (χ2v) is 7.30. The molecular formula is C21H21N5O3. The molecule has 0 aliphatic carbocycles. The van der Waals surface area contributed by atoms with Crippen LogP contribution in [0.5, 0.6) is 0 Å². The highest BCUT2D eigenvalue weighted by atomic mass is 16.4. The van der Waals surface area contributed by atoms with E-state index in [-0.39, 0.29) is 11.5 Å². The third kappa shape index (κ3) is 3.83. The van der Waals surface area contributed by atoms with Gasteiger partial charge in [-0.2, -0.15) is 10.5 Å². The van der Waals surface area contributed by atoms with Crippen molar-refractivity contribution in [1.82, 2.24) is 4.90 Å². The van der Waals surface area contributed by atoms with Crippen LogP contribution in [0.2, 0.25) is 0 Å². The Morgan fingerprint density at radius 1 is 1.34 bits per heavy atom. The highest BCUT2D eigenvalue weighted by molar-refractivity contribution is 5.91. The first kappa shape index (κ1) is 20.1. The fourth-order valence-corrected chi connectivity index (χ4v) is 4.12. The number of aliphatic imine (C=N–C) groups is 1. The fraction of sp³-hybridized carbons (Fsp3) is 0.381. The quantitative estimate of drug-likeness (QED) is 0.814. The molecule has 0 radical (unpaired) electrons. The second kappa shape index (κ2) is 8.15. The average molecular weight is 391 g/mol. The maximum absolute atomic E-state index is 11.6. The number of aromatic carboxylic acids is 1. The van der Waals surface area contributed by atoms with E-state index < -0.39 is 23.8 Å². The minimum Gasteiger partial charge on any atom is -0.478 e. The zero-order valence-corrected chi connectivity index (χ0v) is 16.0. The number of urea groups is 1. The lowest BCUT2D eigenvalue weighted by Crippen LogP contribution is -2.44. The van der Waals surface area contributed by atoms with Crippen LogP contribution in [0.25, 0.3) is 0 Å². The van der Waals surface area contributed by atoms with E-state index in [2.05, 4.69) is 17.1 Å². The molecule has 0 saturated carbocycles. The van der Waals surface area contributed by atoms with Gasteiger partial charge in [0.15, 0.2) is 0 Å². The van der Waals surface area contributed by atoms with Gasteiger partial charge in [0.1, 0.15) is 0 Å². The van der Waals surface area contributed by atoms with Gasteiger partial charge in [-0.3, -0.25) is 4.99 Å². The SMILES string of the molecule is CC1=NC(C2CCCN(C(N)=O)C2)=C(C#N)C(c2cccc(C(=O)O)c2)C1C#N. The van der Waals surface area contributed by atoms with Crippen molar-refractivity contribution in [1.29, 1.82) is 10.5 Å². The Balaban J connectivity index is 2.11. The summed E-state index contributed by atoms with van der Waals surface area (Å²) < 4.78 is 0. The van der Waals surface area contributed by atoms with Crippen LogP contribution in [-0.4, -0.2) is 40.8 Å². The van der Waals surface area contributed by atoms with E-state index in [1.807, 2.05) is 0 Å². The van der Waals surface area contributed by atoms with E-state index in [0.29, 0.717) is 35.6 Å². The first-order valence-electron chi connectivity index (χ1n) is 9.34. The second-order valence-electron chi connectivity index (χ2n) is 7.30. The molecule has 29 heavy (non-hydrogen) atoms. The molecule has 1 aromatic carbocycles. The number of piperidine rings is 1. The van der Waals surface area contributed by atoms with E-state index in [1.54, 1.807) is 19.1 Å². The minimum absolute atomic E-state index is 0.0933. The van der Waals surface area contributed by atoms with Crippen LogP contribution in [-0.2, 0) is 0 Å². The Morgan fingerprint density at radius 2 is 2.10 bits per heavy atom. The predicted octanol–water partition coefficient (Wildman–Crippen LogP) is 2.65. The summed E-state index contributed by atoms with van der Waals surface area (Å²) in [5.41, 5.74) is 7.59. The molecule has 3 rings (SSSR count). The largest absolute Gasteiger partial charge is 0.478 e. The molecule has 0 bridgehead atoms. The predicted molar refractivity (Wildman–Crippen MR) is 105 cm³/mol. The number of nitrogens with zero attached hydrogens (tertiary/aromatic N) is 4. The van der Waals surface area contributed by atoms with Crippen molar-refractivity contribution in [3.8, 4) is 12.1 Å². The summed E-state index contributed by atoms with van der Waals surface area (Å²) in [5, 5.41) is 29.0.